The maximum atomic E-state index is 12.1. The summed E-state index contributed by atoms with van der Waals surface area (Å²) in [4.78, 5) is 21.7. The Kier molecular flexibility index (Phi) is 7.65. The van der Waals surface area contributed by atoms with E-state index in [4.69, 9.17) is 24.2 Å². The second-order valence-electron chi connectivity index (χ2n) is 9.14. The van der Waals surface area contributed by atoms with E-state index >= 15 is 0 Å². The number of nitrogens with zero attached hydrogens (tertiary/aromatic N) is 3. The molecule has 0 spiro atoms. The van der Waals surface area contributed by atoms with E-state index in [0.29, 0.717) is 36.4 Å². The summed E-state index contributed by atoms with van der Waals surface area (Å²) in [6, 6.07) is 13.0. The molecule has 4 rings (SSSR count). The molecule has 0 aliphatic rings. The van der Waals surface area contributed by atoms with Crippen molar-refractivity contribution >= 4 is 28.3 Å². The molecule has 0 saturated carbocycles. The van der Waals surface area contributed by atoms with E-state index in [-0.39, 0.29) is 18.1 Å². The Balaban J connectivity index is 1.63. The van der Waals surface area contributed by atoms with Crippen LogP contribution in [-0.4, -0.2) is 58.5 Å². The lowest BCUT2D eigenvalue weighted by Gasteiger charge is -2.20. The predicted octanol–water partition coefficient (Wildman–Crippen LogP) is 4.08. The van der Waals surface area contributed by atoms with Gasteiger partial charge < -0.3 is 24.8 Å². The van der Waals surface area contributed by atoms with Crippen LogP contribution in [0.3, 0.4) is 0 Å². The summed E-state index contributed by atoms with van der Waals surface area (Å²) >= 11 is 0. The number of carbonyl (C=O) groups is 1. The molecule has 2 heterocycles. The Bertz CT molecular complexity index is 1320. The van der Waals surface area contributed by atoms with Crippen molar-refractivity contribution in [1.29, 1.82) is 0 Å². The van der Waals surface area contributed by atoms with Crippen LogP contribution < -0.4 is 20.1 Å². The fourth-order valence-electron chi connectivity index (χ4n) is 3.45. The van der Waals surface area contributed by atoms with Gasteiger partial charge >= 0.3 is 0 Å². The second-order valence-corrected chi connectivity index (χ2v) is 9.14. The number of rotatable bonds is 10. The van der Waals surface area contributed by atoms with Crippen LogP contribution in [0.2, 0.25) is 0 Å². The maximum absolute atomic E-state index is 12.1. The second kappa shape index (κ2) is 11.0. The average molecular weight is 491 g/mol. The van der Waals surface area contributed by atoms with Crippen molar-refractivity contribution in [3.63, 3.8) is 0 Å². The van der Waals surface area contributed by atoms with Gasteiger partial charge in [0.1, 0.15) is 23.9 Å². The maximum Gasteiger partial charge on any atom is 0.258 e. The number of aromatic amines is 1. The molecule has 0 aliphatic heterocycles. The normalized spacial score (nSPS) is 11.3. The molecule has 10 heteroatoms. The molecular formula is C26H30N6O4. The summed E-state index contributed by atoms with van der Waals surface area (Å²) in [5.41, 5.74) is 1.92. The SMILES string of the molecule is COCCOc1ccc2nc(-c3cccc(OCC(=O)NC(C)(C)C)c3)nc(Nc3cn[nH]c3)c2c1. The Morgan fingerprint density at radius 3 is 2.61 bits per heavy atom. The Morgan fingerprint density at radius 2 is 1.86 bits per heavy atom. The molecule has 0 saturated heterocycles. The number of benzene rings is 2. The highest BCUT2D eigenvalue weighted by atomic mass is 16.5. The molecule has 3 N–H and O–H groups in total. The highest BCUT2D eigenvalue weighted by Crippen LogP contribution is 2.31. The van der Waals surface area contributed by atoms with E-state index in [1.54, 1.807) is 25.6 Å². The molecular weight excluding hydrogens is 460 g/mol. The van der Waals surface area contributed by atoms with Gasteiger partial charge in [-0.3, -0.25) is 9.89 Å². The van der Waals surface area contributed by atoms with E-state index < -0.39 is 0 Å². The fourth-order valence-corrected chi connectivity index (χ4v) is 3.45. The van der Waals surface area contributed by atoms with Crippen molar-refractivity contribution in [1.82, 2.24) is 25.5 Å². The van der Waals surface area contributed by atoms with Crippen molar-refractivity contribution in [2.45, 2.75) is 26.3 Å². The number of amides is 1. The first kappa shape index (κ1) is 24.9. The minimum absolute atomic E-state index is 0.0849. The first-order valence-corrected chi connectivity index (χ1v) is 11.5. The molecule has 2 aromatic carbocycles. The van der Waals surface area contributed by atoms with Crippen LogP contribution in [0.1, 0.15) is 20.8 Å². The monoisotopic (exact) mass is 490 g/mol. The standard InChI is InChI=1S/C26H30N6O4/c1-26(2,3)32-23(33)16-36-19-7-5-6-17(12-19)24-30-22-9-8-20(35-11-10-34-4)13-21(22)25(31-24)29-18-14-27-28-15-18/h5-9,12-15H,10-11,16H2,1-4H3,(H,27,28)(H,32,33)(H,29,30,31). The summed E-state index contributed by atoms with van der Waals surface area (Å²) in [5, 5.41) is 13.8. The lowest BCUT2D eigenvalue weighted by Crippen LogP contribution is -2.43. The van der Waals surface area contributed by atoms with Crippen molar-refractivity contribution in [3.8, 4) is 22.9 Å². The number of methoxy groups -OCH3 is 1. The van der Waals surface area contributed by atoms with Crippen LogP contribution >= 0.6 is 0 Å². The van der Waals surface area contributed by atoms with E-state index in [1.807, 2.05) is 57.2 Å². The molecule has 4 aromatic rings. The van der Waals surface area contributed by atoms with Gasteiger partial charge in [0.05, 0.1) is 24.0 Å². The number of fused-ring (bicyclic) bond motifs is 1. The number of hydrogen-bond donors (Lipinski definition) is 3. The molecule has 0 fully saturated rings. The van der Waals surface area contributed by atoms with Gasteiger partial charge in [-0.2, -0.15) is 5.10 Å². The molecule has 0 unspecified atom stereocenters. The minimum atomic E-state index is -0.325. The number of anilines is 2. The lowest BCUT2D eigenvalue weighted by atomic mass is 10.1. The predicted molar refractivity (Wildman–Crippen MR) is 138 cm³/mol. The van der Waals surface area contributed by atoms with Gasteiger partial charge in [0.2, 0.25) is 0 Å². The van der Waals surface area contributed by atoms with Crippen LogP contribution in [0.5, 0.6) is 11.5 Å². The van der Waals surface area contributed by atoms with Crippen molar-refractivity contribution in [2.75, 3.05) is 32.2 Å². The summed E-state index contributed by atoms with van der Waals surface area (Å²) in [6.07, 6.45) is 3.41. The summed E-state index contributed by atoms with van der Waals surface area (Å²) in [7, 11) is 1.63. The minimum Gasteiger partial charge on any atom is -0.491 e. The van der Waals surface area contributed by atoms with Gasteiger partial charge in [0.15, 0.2) is 12.4 Å². The quantitative estimate of drug-likeness (QED) is 0.284. The van der Waals surface area contributed by atoms with Gasteiger partial charge in [-0.15, -0.1) is 0 Å². The van der Waals surface area contributed by atoms with E-state index in [0.717, 1.165) is 22.2 Å². The highest BCUT2D eigenvalue weighted by Gasteiger charge is 2.15. The van der Waals surface area contributed by atoms with Crippen LogP contribution in [0.25, 0.3) is 22.3 Å². The third-order valence-corrected chi connectivity index (χ3v) is 4.96. The summed E-state index contributed by atoms with van der Waals surface area (Å²) in [6.45, 7) is 6.61. The third-order valence-electron chi connectivity index (χ3n) is 4.96. The Labute approximate surface area is 209 Å². The summed E-state index contributed by atoms with van der Waals surface area (Å²) < 4.78 is 16.6. The van der Waals surface area contributed by atoms with Crippen LogP contribution in [0.15, 0.2) is 54.9 Å². The molecule has 0 aliphatic carbocycles. The largest absolute Gasteiger partial charge is 0.491 e. The topological polar surface area (TPSA) is 123 Å². The van der Waals surface area contributed by atoms with Crippen LogP contribution in [0, 0.1) is 0 Å². The lowest BCUT2D eigenvalue weighted by molar-refractivity contribution is -0.124. The van der Waals surface area contributed by atoms with Gasteiger partial charge in [0.25, 0.3) is 5.91 Å². The van der Waals surface area contributed by atoms with Crippen molar-refractivity contribution in [2.24, 2.45) is 0 Å². The fraction of sp³-hybridized carbons (Fsp3) is 0.308. The number of nitrogens with one attached hydrogen (secondary N) is 3. The number of ether oxygens (including phenoxy) is 3. The van der Waals surface area contributed by atoms with Crippen molar-refractivity contribution in [3.05, 3.63) is 54.9 Å². The molecule has 36 heavy (non-hydrogen) atoms. The highest BCUT2D eigenvalue weighted by molar-refractivity contribution is 5.93. The zero-order valence-electron chi connectivity index (χ0n) is 20.8. The van der Waals surface area contributed by atoms with Crippen LogP contribution in [-0.2, 0) is 9.53 Å². The molecule has 0 bridgehead atoms. The molecule has 1 amide bonds. The van der Waals surface area contributed by atoms with E-state index in [2.05, 4.69) is 20.8 Å². The number of aromatic nitrogens is 4. The molecule has 0 radical (unpaired) electrons. The van der Waals surface area contributed by atoms with E-state index in [1.165, 1.54) is 0 Å². The van der Waals surface area contributed by atoms with E-state index in [9.17, 15) is 4.79 Å². The smallest absolute Gasteiger partial charge is 0.258 e. The zero-order valence-corrected chi connectivity index (χ0v) is 20.8. The van der Waals surface area contributed by atoms with Crippen molar-refractivity contribution < 1.29 is 19.0 Å². The molecule has 2 aromatic heterocycles. The average Bonchev–Trinajstić information content (AvgIpc) is 3.35. The number of carbonyl (C=O) groups excluding carboxylic acids is 1. The van der Waals surface area contributed by atoms with Crippen LogP contribution in [0.4, 0.5) is 11.5 Å². The molecule has 10 nitrogen and oxygen atoms in total. The van der Waals surface area contributed by atoms with Gasteiger partial charge in [-0.05, 0) is 51.1 Å². The molecule has 188 valence electrons. The Hall–Kier alpha value is -4.18. The first-order chi connectivity index (χ1) is 17.3. The zero-order chi connectivity index (χ0) is 25.5. The first-order valence-electron chi connectivity index (χ1n) is 11.5. The third kappa shape index (κ3) is 6.70. The number of hydrogen-bond acceptors (Lipinski definition) is 8. The number of H-pyrrole nitrogens is 1. The van der Waals surface area contributed by atoms with Gasteiger partial charge in [0, 0.05) is 29.8 Å². The van der Waals surface area contributed by atoms with Gasteiger partial charge in [-0.25, -0.2) is 9.97 Å². The summed E-state index contributed by atoms with van der Waals surface area (Å²) in [5.74, 6) is 2.15. The Morgan fingerprint density at radius 1 is 1.03 bits per heavy atom. The van der Waals surface area contributed by atoms with Gasteiger partial charge in [-0.1, -0.05) is 12.1 Å². The molecule has 0 atom stereocenters.